The first-order valence-corrected chi connectivity index (χ1v) is 32.7. The minimum absolute atomic E-state index is 0.0981. The standard InChI is InChI=1S/C71H122O6/c1-4-7-10-13-16-19-21-23-25-27-29-31-33-34-35-36-38-39-41-43-45-47-49-52-55-58-61-64-70(73)76-67-68(66-75-69(72)63-60-57-54-51-18-15-12-9-6-3)77-71(74)65-62-59-56-53-50-48-46-44-42-40-37-32-30-28-26-24-22-20-17-14-11-8-5-2/h8,11,17,20,24,26-27,29-30,32,40,42,46,48,53,56,68H,4-7,9-10,12-16,18-19,21-23,25,28,31,33-39,41,43-45,47,49-52,54-55,57-67H2,1-3H3/b11-8-,20-17-,26-24-,29-27-,32-30-,42-40-,48-46-,56-53-. The fraction of sp³-hybridized carbons (Fsp3) is 0.732. The summed E-state index contributed by atoms with van der Waals surface area (Å²) in [5, 5.41) is 0. The van der Waals surface area contributed by atoms with Crippen molar-refractivity contribution in [3.05, 3.63) is 97.2 Å². The first kappa shape index (κ1) is 73.3. The quantitative estimate of drug-likeness (QED) is 0.0261. The van der Waals surface area contributed by atoms with Gasteiger partial charge in [0.25, 0.3) is 0 Å². The van der Waals surface area contributed by atoms with Gasteiger partial charge < -0.3 is 14.2 Å². The summed E-state index contributed by atoms with van der Waals surface area (Å²) in [5.74, 6) is -0.951. The number of allylic oxidation sites excluding steroid dienone is 16. The fourth-order valence-electron chi connectivity index (χ4n) is 9.19. The van der Waals surface area contributed by atoms with E-state index in [2.05, 4.69) is 118 Å². The third kappa shape index (κ3) is 63.0. The molecule has 6 heteroatoms. The molecule has 6 nitrogen and oxygen atoms in total. The Balaban J connectivity index is 4.26. The highest BCUT2D eigenvalue weighted by Gasteiger charge is 2.19. The number of hydrogen-bond donors (Lipinski definition) is 0. The van der Waals surface area contributed by atoms with Crippen molar-refractivity contribution >= 4 is 17.9 Å². The van der Waals surface area contributed by atoms with Crippen molar-refractivity contribution in [3.8, 4) is 0 Å². The molecule has 0 bridgehead atoms. The maximum absolute atomic E-state index is 12.9. The largest absolute Gasteiger partial charge is 0.462 e. The molecule has 0 aromatic carbocycles. The minimum Gasteiger partial charge on any atom is -0.462 e. The Bertz CT molecular complexity index is 1510. The van der Waals surface area contributed by atoms with E-state index in [1.54, 1.807) is 0 Å². The van der Waals surface area contributed by atoms with E-state index in [1.165, 1.54) is 180 Å². The van der Waals surface area contributed by atoms with Crippen molar-refractivity contribution in [3.63, 3.8) is 0 Å². The van der Waals surface area contributed by atoms with Gasteiger partial charge in [-0.15, -0.1) is 0 Å². The maximum Gasteiger partial charge on any atom is 0.306 e. The van der Waals surface area contributed by atoms with Crippen LogP contribution in [-0.4, -0.2) is 37.2 Å². The van der Waals surface area contributed by atoms with Gasteiger partial charge >= 0.3 is 17.9 Å². The summed E-state index contributed by atoms with van der Waals surface area (Å²) in [4.78, 5) is 38.2. The van der Waals surface area contributed by atoms with Crippen LogP contribution >= 0.6 is 0 Å². The van der Waals surface area contributed by atoms with Crippen LogP contribution < -0.4 is 0 Å². The van der Waals surface area contributed by atoms with Gasteiger partial charge in [-0.1, -0.05) is 298 Å². The molecule has 0 radical (unpaired) electrons. The third-order valence-electron chi connectivity index (χ3n) is 14.1. The van der Waals surface area contributed by atoms with Gasteiger partial charge in [-0.3, -0.25) is 14.4 Å². The molecule has 77 heavy (non-hydrogen) atoms. The number of rotatable bonds is 59. The molecule has 0 saturated heterocycles. The molecule has 0 aliphatic carbocycles. The van der Waals surface area contributed by atoms with Crippen molar-refractivity contribution < 1.29 is 28.6 Å². The molecule has 0 aromatic heterocycles. The zero-order valence-electron chi connectivity index (χ0n) is 50.7. The SMILES string of the molecule is CC/C=C\C/C=C\C/C=C\C/C=C\C/C=C\C/C=C\C/C=C\CCCC(=O)OC(COC(=O)CCCCCCCCCCC)COC(=O)CCCCCCCCCCCCCCCCC/C=C\CCCCCCCCCC. The molecule has 1 atom stereocenters. The van der Waals surface area contributed by atoms with Crippen LogP contribution in [0.15, 0.2) is 97.2 Å². The number of carbonyl (C=O) groups is 3. The lowest BCUT2D eigenvalue weighted by Gasteiger charge is -2.18. The van der Waals surface area contributed by atoms with Gasteiger partial charge in [-0.25, -0.2) is 0 Å². The van der Waals surface area contributed by atoms with Gasteiger partial charge in [0.05, 0.1) is 0 Å². The zero-order valence-corrected chi connectivity index (χ0v) is 50.7. The van der Waals surface area contributed by atoms with Gasteiger partial charge in [0.1, 0.15) is 13.2 Å². The summed E-state index contributed by atoms with van der Waals surface area (Å²) in [7, 11) is 0. The van der Waals surface area contributed by atoms with Crippen LogP contribution in [0.2, 0.25) is 0 Å². The minimum atomic E-state index is -0.807. The highest BCUT2D eigenvalue weighted by Crippen LogP contribution is 2.16. The van der Waals surface area contributed by atoms with Gasteiger partial charge in [-0.05, 0) is 96.3 Å². The van der Waals surface area contributed by atoms with Crippen molar-refractivity contribution in [2.45, 2.75) is 322 Å². The van der Waals surface area contributed by atoms with E-state index >= 15 is 0 Å². The molecule has 0 fully saturated rings. The molecule has 0 aromatic rings. The van der Waals surface area contributed by atoms with Crippen molar-refractivity contribution in [1.82, 2.24) is 0 Å². The lowest BCUT2D eigenvalue weighted by Crippen LogP contribution is -2.30. The second kappa shape index (κ2) is 64.9. The third-order valence-corrected chi connectivity index (χ3v) is 14.1. The smallest absolute Gasteiger partial charge is 0.306 e. The first-order valence-electron chi connectivity index (χ1n) is 32.7. The van der Waals surface area contributed by atoms with E-state index in [0.29, 0.717) is 19.3 Å². The maximum atomic E-state index is 12.9. The van der Waals surface area contributed by atoms with Crippen LogP contribution in [0, 0.1) is 0 Å². The van der Waals surface area contributed by atoms with E-state index < -0.39 is 6.10 Å². The highest BCUT2D eigenvalue weighted by atomic mass is 16.6. The van der Waals surface area contributed by atoms with E-state index in [1.807, 2.05) is 0 Å². The summed E-state index contributed by atoms with van der Waals surface area (Å²) in [6.45, 7) is 6.49. The molecule has 0 heterocycles. The number of esters is 3. The molecule has 0 saturated carbocycles. The average Bonchev–Trinajstić information content (AvgIpc) is 3.43. The second-order valence-electron chi connectivity index (χ2n) is 21.6. The fourth-order valence-corrected chi connectivity index (χ4v) is 9.19. The van der Waals surface area contributed by atoms with Gasteiger partial charge in [-0.2, -0.15) is 0 Å². The van der Waals surface area contributed by atoms with Crippen molar-refractivity contribution in [2.75, 3.05) is 13.2 Å². The van der Waals surface area contributed by atoms with Gasteiger partial charge in [0, 0.05) is 19.3 Å². The predicted octanol–water partition coefficient (Wildman–Crippen LogP) is 22.4. The number of unbranched alkanes of at least 4 members (excludes halogenated alkanes) is 32. The normalized spacial score (nSPS) is 12.7. The molecular formula is C71H122O6. The molecule has 442 valence electrons. The van der Waals surface area contributed by atoms with E-state index in [0.717, 1.165) is 89.9 Å². The monoisotopic (exact) mass is 1070 g/mol. The molecule has 0 spiro atoms. The van der Waals surface area contributed by atoms with E-state index in [-0.39, 0.29) is 37.5 Å². The number of carbonyl (C=O) groups excluding carboxylic acids is 3. The first-order chi connectivity index (χ1) is 38.0. The summed E-state index contributed by atoms with van der Waals surface area (Å²) >= 11 is 0. The molecule has 0 aliphatic rings. The van der Waals surface area contributed by atoms with E-state index in [9.17, 15) is 14.4 Å². The lowest BCUT2D eigenvalue weighted by atomic mass is 10.0. The Hall–Kier alpha value is -3.67. The Morgan fingerprint density at radius 1 is 0.273 bits per heavy atom. The number of ether oxygens (including phenoxy) is 3. The molecule has 0 N–H and O–H groups in total. The van der Waals surface area contributed by atoms with Crippen LogP contribution in [0.4, 0.5) is 0 Å². The molecule has 0 rings (SSSR count). The zero-order chi connectivity index (χ0) is 55.7. The van der Waals surface area contributed by atoms with Crippen molar-refractivity contribution in [2.24, 2.45) is 0 Å². The molecule has 1 unspecified atom stereocenters. The van der Waals surface area contributed by atoms with E-state index in [4.69, 9.17) is 14.2 Å². The summed E-state index contributed by atoms with van der Waals surface area (Å²) in [5.41, 5.74) is 0. The van der Waals surface area contributed by atoms with Crippen LogP contribution in [0.3, 0.4) is 0 Å². The molecule has 0 amide bonds. The topological polar surface area (TPSA) is 78.9 Å². The summed E-state index contributed by atoms with van der Waals surface area (Å²) in [6, 6.07) is 0. The average molecular weight is 1070 g/mol. The Morgan fingerprint density at radius 3 is 0.844 bits per heavy atom. The van der Waals surface area contributed by atoms with Crippen molar-refractivity contribution in [1.29, 1.82) is 0 Å². The Labute approximate surface area is 477 Å². The van der Waals surface area contributed by atoms with Crippen LogP contribution in [0.1, 0.15) is 316 Å². The summed E-state index contributed by atoms with van der Waals surface area (Å²) < 4.78 is 16.8. The van der Waals surface area contributed by atoms with Gasteiger partial charge in [0.15, 0.2) is 6.10 Å². The lowest BCUT2D eigenvalue weighted by molar-refractivity contribution is -0.167. The van der Waals surface area contributed by atoms with Crippen LogP contribution in [-0.2, 0) is 28.6 Å². The van der Waals surface area contributed by atoms with Gasteiger partial charge in [0.2, 0.25) is 0 Å². The second-order valence-corrected chi connectivity index (χ2v) is 21.6. The predicted molar refractivity (Wildman–Crippen MR) is 334 cm³/mol. The van der Waals surface area contributed by atoms with Crippen LogP contribution in [0.25, 0.3) is 0 Å². The Morgan fingerprint density at radius 2 is 0.519 bits per heavy atom. The Kier molecular flexibility index (Phi) is 61.8. The number of hydrogen-bond acceptors (Lipinski definition) is 6. The molecule has 0 aliphatic heterocycles. The highest BCUT2D eigenvalue weighted by molar-refractivity contribution is 5.71. The summed E-state index contributed by atoms with van der Waals surface area (Å²) in [6.07, 6.45) is 87.3. The molecular weight excluding hydrogens is 949 g/mol. The van der Waals surface area contributed by atoms with Crippen LogP contribution in [0.5, 0.6) is 0 Å².